The molecule has 0 spiro atoms. The minimum atomic E-state index is 0. The van der Waals surface area contributed by atoms with Gasteiger partial charge in [-0.1, -0.05) is 26.2 Å². The molecule has 0 aromatic rings. The van der Waals surface area contributed by atoms with E-state index in [1.54, 1.807) is 4.90 Å². The number of hydrogen-bond acceptors (Lipinski definition) is 2. The molecule has 0 radical (unpaired) electrons. The molecule has 0 fully saturated rings. The maximum Gasteiger partial charge on any atom is 0.157 e. The van der Waals surface area contributed by atoms with Crippen LogP contribution in [0.25, 0.3) is 0 Å². The molecule has 0 aromatic heterocycles. The van der Waals surface area contributed by atoms with Crippen LogP contribution >= 0.6 is 11.8 Å². The smallest absolute Gasteiger partial charge is 0.157 e. The fraction of sp³-hybridized carbons (Fsp3) is 0.833. The van der Waals surface area contributed by atoms with Crippen LogP contribution in [0.3, 0.4) is 0 Å². The number of rotatable bonds is 8. The lowest BCUT2D eigenvalue weighted by atomic mass is 10.2. The summed E-state index contributed by atoms with van der Waals surface area (Å²) in [6.07, 6.45) is 10.1. The van der Waals surface area contributed by atoms with E-state index in [0.717, 1.165) is 0 Å². The summed E-state index contributed by atoms with van der Waals surface area (Å²) in [5, 5.41) is 0. The maximum absolute atomic E-state index is 2.42. The Balaban J connectivity index is 0.00000225. The van der Waals surface area contributed by atoms with Crippen molar-refractivity contribution in [2.24, 2.45) is 0 Å². The minimum Gasteiger partial charge on any atom is -1.00 e. The minimum absolute atomic E-state index is 0. The molecule has 0 saturated carbocycles. The molecule has 1 atom stereocenters. The van der Waals surface area contributed by atoms with Gasteiger partial charge in [0.2, 0.25) is 0 Å². The lowest BCUT2D eigenvalue weighted by Gasteiger charge is -2.15. The van der Waals surface area contributed by atoms with Gasteiger partial charge in [0.15, 0.2) is 6.67 Å². The number of unbranched alkanes of at least 4 members (excludes halogenated alkanes) is 3. The van der Waals surface area contributed by atoms with Crippen molar-refractivity contribution >= 4 is 11.8 Å². The Morgan fingerprint density at radius 2 is 2.06 bits per heavy atom. The fourth-order valence-electron chi connectivity index (χ4n) is 1.71. The highest BCUT2D eigenvalue weighted by Gasteiger charge is 2.13. The number of thioether (sulfide) groups is 1. The Kier molecular flexibility index (Phi) is 10.4. The van der Waals surface area contributed by atoms with Gasteiger partial charge < -0.3 is 17.3 Å². The normalized spacial score (nSPS) is 18.9. The third-order valence-electron chi connectivity index (χ3n) is 2.78. The van der Waals surface area contributed by atoms with Crippen molar-refractivity contribution in [2.75, 3.05) is 24.8 Å². The van der Waals surface area contributed by atoms with Crippen molar-refractivity contribution in [3.63, 3.8) is 0 Å². The highest BCUT2D eigenvalue weighted by Crippen LogP contribution is 2.09. The van der Waals surface area contributed by atoms with Crippen molar-refractivity contribution in [3.05, 3.63) is 12.4 Å². The maximum atomic E-state index is 2.42. The third kappa shape index (κ3) is 6.66. The van der Waals surface area contributed by atoms with Crippen LogP contribution in [-0.4, -0.2) is 29.7 Å². The third-order valence-corrected chi connectivity index (χ3v) is 3.87. The molecule has 2 nitrogen and oxygen atoms in total. The van der Waals surface area contributed by atoms with E-state index in [2.05, 4.69) is 42.9 Å². The zero-order chi connectivity index (χ0) is 10.9. The molecule has 1 unspecified atom stereocenters. The molecule has 1 rings (SSSR count). The molecule has 0 amide bonds. The quantitative estimate of drug-likeness (QED) is 0.558. The molecule has 0 aliphatic carbocycles. The number of hydrogen-bond donors (Lipinski definition) is 1. The van der Waals surface area contributed by atoms with Gasteiger partial charge in [-0.25, -0.2) is 0 Å². The average molecular weight is 265 g/mol. The van der Waals surface area contributed by atoms with Crippen LogP contribution in [0.5, 0.6) is 0 Å². The second-order valence-electron chi connectivity index (χ2n) is 4.17. The molecule has 0 saturated heterocycles. The van der Waals surface area contributed by atoms with Gasteiger partial charge in [0.1, 0.15) is 6.20 Å². The second-order valence-corrected chi connectivity index (χ2v) is 5.25. The number of halogens is 1. The summed E-state index contributed by atoms with van der Waals surface area (Å²) in [5.41, 5.74) is 0. The first-order valence-corrected chi connectivity index (χ1v) is 7.37. The molecule has 4 heteroatoms. The Bertz CT molecular complexity index is 188. The summed E-state index contributed by atoms with van der Waals surface area (Å²) < 4.78 is 0. The summed E-state index contributed by atoms with van der Waals surface area (Å²) in [6.45, 7) is 6.87. The summed E-state index contributed by atoms with van der Waals surface area (Å²) in [7, 11) is 0. The molecule has 0 bridgehead atoms. The van der Waals surface area contributed by atoms with Crippen molar-refractivity contribution in [3.8, 4) is 0 Å². The summed E-state index contributed by atoms with van der Waals surface area (Å²) in [6, 6.07) is 0. The molecule has 96 valence electrons. The Hall–Kier alpha value is 0.140. The van der Waals surface area contributed by atoms with Gasteiger partial charge in [0.25, 0.3) is 0 Å². The first-order chi connectivity index (χ1) is 7.36. The average Bonchev–Trinajstić information content (AvgIpc) is 2.71. The van der Waals surface area contributed by atoms with Crippen LogP contribution in [-0.2, 0) is 0 Å². The Morgan fingerprint density at radius 3 is 2.69 bits per heavy atom. The van der Waals surface area contributed by atoms with E-state index in [4.69, 9.17) is 0 Å². The van der Waals surface area contributed by atoms with E-state index in [1.807, 2.05) is 0 Å². The largest absolute Gasteiger partial charge is 1.00 e. The van der Waals surface area contributed by atoms with Gasteiger partial charge in [-0.05, 0) is 19.1 Å². The first kappa shape index (κ1) is 16.1. The van der Waals surface area contributed by atoms with Crippen molar-refractivity contribution < 1.29 is 17.3 Å². The highest BCUT2D eigenvalue weighted by atomic mass is 35.5. The van der Waals surface area contributed by atoms with Crippen LogP contribution in [0.1, 0.15) is 39.5 Å². The van der Waals surface area contributed by atoms with Gasteiger partial charge in [-0.2, -0.15) is 0 Å². The van der Waals surface area contributed by atoms with Gasteiger partial charge in [0.05, 0.1) is 18.6 Å². The monoisotopic (exact) mass is 264 g/mol. The molecule has 0 aromatic carbocycles. The SMILES string of the molecule is CCCCCCSCN1C=C[NH+](CC)C1.[Cl-]. The predicted molar refractivity (Wildman–Crippen MR) is 68.8 cm³/mol. The van der Waals surface area contributed by atoms with Gasteiger partial charge in [-0.3, -0.25) is 4.90 Å². The fourth-order valence-corrected chi connectivity index (χ4v) is 2.66. The van der Waals surface area contributed by atoms with Crippen LogP contribution in [0.4, 0.5) is 0 Å². The lowest BCUT2D eigenvalue weighted by molar-refractivity contribution is -0.846. The van der Waals surface area contributed by atoms with Crippen LogP contribution < -0.4 is 17.3 Å². The first-order valence-electron chi connectivity index (χ1n) is 6.21. The summed E-state index contributed by atoms with van der Waals surface area (Å²) in [5.74, 6) is 2.50. The molecule has 1 N–H and O–H groups in total. The van der Waals surface area contributed by atoms with E-state index >= 15 is 0 Å². The lowest BCUT2D eigenvalue weighted by Crippen LogP contribution is -3.06. The van der Waals surface area contributed by atoms with Crippen LogP contribution in [0.15, 0.2) is 12.4 Å². The molecular weight excluding hydrogens is 240 g/mol. The molecule has 1 heterocycles. The molecule has 16 heavy (non-hydrogen) atoms. The zero-order valence-corrected chi connectivity index (χ0v) is 12.1. The van der Waals surface area contributed by atoms with E-state index in [0.29, 0.717) is 0 Å². The van der Waals surface area contributed by atoms with Crippen molar-refractivity contribution in [1.29, 1.82) is 0 Å². The van der Waals surface area contributed by atoms with Crippen LogP contribution in [0.2, 0.25) is 0 Å². The zero-order valence-electron chi connectivity index (χ0n) is 10.5. The van der Waals surface area contributed by atoms with E-state index in [9.17, 15) is 0 Å². The van der Waals surface area contributed by atoms with E-state index < -0.39 is 0 Å². The summed E-state index contributed by atoms with van der Waals surface area (Å²) in [4.78, 5) is 3.99. The Morgan fingerprint density at radius 1 is 1.25 bits per heavy atom. The van der Waals surface area contributed by atoms with Gasteiger partial charge in [-0.15, -0.1) is 11.8 Å². The predicted octanol–water partition coefficient (Wildman–Crippen LogP) is -1.09. The van der Waals surface area contributed by atoms with E-state index in [-0.39, 0.29) is 12.4 Å². The van der Waals surface area contributed by atoms with Crippen LogP contribution in [0, 0.1) is 0 Å². The Labute approximate surface area is 111 Å². The standard InChI is InChI=1S/C12H24N2S.ClH/c1-3-5-6-7-10-15-12-14-9-8-13(4-2)11-14;/h8-9H,3-7,10-12H2,1-2H3;1H. The van der Waals surface area contributed by atoms with Gasteiger partial charge in [0, 0.05) is 0 Å². The van der Waals surface area contributed by atoms with Crippen molar-refractivity contribution in [2.45, 2.75) is 39.5 Å². The van der Waals surface area contributed by atoms with Gasteiger partial charge >= 0.3 is 0 Å². The number of nitrogens with zero attached hydrogens (tertiary/aromatic N) is 1. The summed E-state index contributed by atoms with van der Waals surface area (Å²) >= 11 is 2.07. The molecule has 1 aliphatic rings. The van der Waals surface area contributed by atoms with Crippen molar-refractivity contribution in [1.82, 2.24) is 4.90 Å². The molecule has 1 aliphatic heterocycles. The topological polar surface area (TPSA) is 7.68 Å². The second kappa shape index (κ2) is 10.3. The molecular formula is C12H25ClN2S. The number of quaternary nitrogens is 1. The highest BCUT2D eigenvalue weighted by molar-refractivity contribution is 7.99. The van der Waals surface area contributed by atoms with E-state index in [1.165, 1.54) is 50.5 Å². The number of nitrogens with one attached hydrogen (secondary N) is 1.